The summed E-state index contributed by atoms with van der Waals surface area (Å²) in [5.74, 6) is 1.21. The van der Waals surface area contributed by atoms with Gasteiger partial charge in [0.05, 0.1) is 6.61 Å². The Labute approximate surface area is 192 Å². The van der Waals surface area contributed by atoms with Gasteiger partial charge in [-0.25, -0.2) is 0 Å². The quantitative estimate of drug-likeness (QED) is 0.702. The predicted octanol–water partition coefficient (Wildman–Crippen LogP) is 3.47. The molecule has 6 heteroatoms. The number of amides is 2. The molecule has 6 nitrogen and oxygen atoms in total. The van der Waals surface area contributed by atoms with Crippen LogP contribution in [-0.4, -0.2) is 72.4 Å². The Morgan fingerprint density at radius 3 is 2.62 bits per heavy atom. The molecule has 2 fully saturated rings. The fourth-order valence-corrected chi connectivity index (χ4v) is 5.33. The maximum Gasteiger partial charge on any atom is 0.245 e. The highest BCUT2D eigenvalue weighted by Gasteiger charge is 2.38. The van der Waals surface area contributed by atoms with Crippen LogP contribution in [0.25, 0.3) is 0 Å². The molecule has 0 bridgehead atoms. The molecule has 1 atom stereocenters. The lowest BCUT2D eigenvalue weighted by Gasteiger charge is -2.43. The van der Waals surface area contributed by atoms with Crippen LogP contribution in [0.2, 0.25) is 0 Å². The highest BCUT2D eigenvalue weighted by atomic mass is 16.5. The predicted molar refractivity (Wildman–Crippen MR) is 126 cm³/mol. The van der Waals surface area contributed by atoms with E-state index in [-0.39, 0.29) is 23.3 Å². The zero-order valence-electron chi connectivity index (χ0n) is 20.1. The summed E-state index contributed by atoms with van der Waals surface area (Å²) < 4.78 is 6.25. The van der Waals surface area contributed by atoms with Crippen LogP contribution in [0.15, 0.2) is 18.2 Å². The molecule has 0 N–H and O–H groups in total. The normalized spacial score (nSPS) is 23.5. The van der Waals surface area contributed by atoms with Crippen molar-refractivity contribution in [3.8, 4) is 5.75 Å². The average Bonchev–Trinajstić information content (AvgIpc) is 2.82. The van der Waals surface area contributed by atoms with E-state index in [9.17, 15) is 9.59 Å². The van der Waals surface area contributed by atoms with Crippen LogP contribution in [0.1, 0.15) is 63.5 Å². The molecule has 2 amide bonds. The van der Waals surface area contributed by atoms with Gasteiger partial charge < -0.3 is 19.4 Å². The first kappa shape index (κ1) is 23.1. The number of benzene rings is 1. The third-order valence-electron chi connectivity index (χ3n) is 7.66. The van der Waals surface area contributed by atoms with Crippen molar-refractivity contribution in [3.05, 3.63) is 29.3 Å². The molecule has 32 heavy (non-hydrogen) atoms. The largest absolute Gasteiger partial charge is 0.493 e. The van der Waals surface area contributed by atoms with Gasteiger partial charge in [0.1, 0.15) is 11.8 Å². The van der Waals surface area contributed by atoms with Crippen LogP contribution < -0.4 is 4.74 Å². The maximum atomic E-state index is 13.2. The van der Waals surface area contributed by atoms with Crippen LogP contribution in [0.3, 0.4) is 0 Å². The Kier molecular flexibility index (Phi) is 7.08. The van der Waals surface area contributed by atoms with Gasteiger partial charge >= 0.3 is 0 Å². The number of hydrogen-bond acceptors (Lipinski definition) is 4. The van der Waals surface area contributed by atoms with Gasteiger partial charge in [0.2, 0.25) is 11.8 Å². The van der Waals surface area contributed by atoms with E-state index in [0.717, 1.165) is 77.0 Å². The third-order valence-corrected chi connectivity index (χ3v) is 7.66. The highest BCUT2D eigenvalue weighted by molar-refractivity contribution is 5.88. The minimum absolute atomic E-state index is 0.0644. The topological polar surface area (TPSA) is 53.1 Å². The number of nitrogens with zero attached hydrogens (tertiary/aromatic N) is 3. The molecule has 0 saturated carbocycles. The Balaban J connectivity index is 1.31. The van der Waals surface area contributed by atoms with Crippen molar-refractivity contribution in [3.63, 3.8) is 0 Å². The van der Waals surface area contributed by atoms with E-state index < -0.39 is 0 Å². The van der Waals surface area contributed by atoms with Gasteiger partial charge in [-0.15, -0.1) is 0 Å². The monoisotopic (exact) mass is 441 g/mol. The molecule has 0 aromatic heterocycles. The molecule has 1 aromatic rings. The van der Waals surface area contributed by atoms with E-state index in [0.29, 0.717) is 13.0 Å². The lowest BCUT2D eigenvalue weighted by atomic mass is 9.81. The molecule has 3 heterocycles. The summed E-state index contributed by atoms with van der Waals surface area (Å²) >= 11 is 0. The molecule has 176 valence electrons. The van der Waals surface area contributed by atoms with E-state index in [1.165, 1.54) is 11.1 Å². The minimum atomic E-state index is -0.259. The molecule has 0 aliphatic carbocycles. The standard InChI is InChI=1S/C26H39N3O3/c1-4-24(30)29-13-6-5-7-23(29)25(31)28-15-11-26(2,12-16-28)19-32-22-9-8-20-10-14-27(3)18-21(20)17-22/h8-9,17,23H,4-7,10-16,18-19H2,1-3H3. The Morgan fingerprint density at radius 2 is 1.88 bits per heavy atom. The second-order valence-electron chi connectivity index (χ2n) is 10.3. The molecule has 1 unspecified atom stereocenters. The van der Waals surface area contributed by atoms with Crippen molar-refractivity contribution in [2.75, 3.05) is 39.8 Å². The summed E-state index contributed by atoms with van der Waals surface area (Å²) in [5, 5.41) is 0. The van der Waals surface area contributed by atoms with Gasteiger partial charge in [-0.3, -0.25) is 9.59 Å². The molecule has 4 rings (SSSR count). The average molecular weight is 442 g/mol. The van der Waals surface area contributed by atoms with Crippen LogP contribution in [0.5, 0.6) is 5.75 Å². The van der Waals surface area contributed by atoms with E-state index in [4.69, 9.17) is 4.74 Å². The lowest BCUT2D eigenvalue weighted by Crippen LogP contribution is -2.55. The molecular weight excluding hydrogens is 402 g/mol. The van der Waals surface area contributed by atoms with Crippen molar-refractivity contribution in [2.24, 2.45) is 5.41 Å². The van der Waals surface area contributed by atoms with Gasteiger partial charge in [0, 0.05) is 44.6 Å². The van der Waals surface area contributed by atoms with E-state index in [1.54, 1.807) is 0 Å². The number of piperidine rings is 2. The van der Waals surface area contributed by atoms with Gasteiger partial charge in [-0.05, 0) is 68.8 Å². The number of likely N-dealkylation sites (N-methyl/N-ethyl adjacent to an activating group) is 1. The Hall–Kier alpha value is -2.08. The lowest BCUT2D eigenvalue weighted by molar-refractivity contribution is -0.149. The maximum absolute atomic E-state index is 13.2. The summed E-state index contributed by atoms with van der Waals surface area (Å²) in [7, 11) is 2.16. The number of likely N-dealkylation sites (tertiary alicyclic amines) is 2. The third kappa shape index (κ3) is 5.11. The number of fused-ring (bicyclic) bond motifs is 1. The zero-order valence-corrected chi connectivity index (χ0v) is 20.1. The number of carbonyl (C=O) groups is 2. The Bertz CT molecular complexity index is 832. The molecule has 3 aliphatic heterocycles. The van der Waals surface area contributed by atoms with E-state index in [1.807, 2.05) is 16.7 Å². The smallest absolute Gasteiger partial charge is 0.245 e. The fourth-order valence-electron chi connectivity index (χ4n) is 5.33. The zero-order chi connectivity index (χ0) is 22.7. The fraction of sp³-hybridized carbons (Fsp3) is 0.692. The number of hydrogen-bond donors (Lipinski definition) is 0. The summed E-state index contributed by atoms with van der Waals surface area (Å²) in [6.45, 7) is 9.15. The van der Waals surface area contributed by atoms with Crippen molar-refractivity contribution in [2.45, 2.75) is 71.4 Å². The summed E-state index contributed by atoms with van der Waals surface area (Å²) in [6.07, 6.45) is 6.27. The first-order valence-corrected chi connectivity index (χ1v) is 12.4. The molecule has 0 radical (unpaired) electrons. The highest BCUT2D eigenvalue weighted by Crippen LogP contribution is 2.33. The molecule has 1 aromatic carbocycles. The van der Waals surface area contributed by atoms with Gasteiger partial charge in [-0.1, -0.05) is 19.9 Å². The second kappa shape index (κ2) is 9.82. The number of ether oxygens (including phenoxy) is 1. The van der Waals surface area contributed by atoms with E-state index in [2.05, 4.69) is 37.1 Å². The minimum Gasteiger partial charge on any atom is -0.493 e. The first-order valence-electron chi connectivity index (χ1n) is 12.4. The van der Waals surface area contributed by atoms with Gasteiger partial charge in [-0.2, -0.15) is 0 Å². The molecular formula is C26H39N3O3. The van der Waals surface area contributed by atoms with Crippen molar-refractivity contribution < 1.29 is 14.3 Å². The van der Waals surface area contributed by atoms with Gasteiger partial charge in [0.25, 0.3) is 0 Å². The van der Waals surface area contributed by atoms with Crippen LogP contribution in [-0.2, 0) is 22.6 Å². The second-order valence-corrected chi connectivity index (χ2v) is 10.3. The van der Waals surface area contributed by atoms with Crippen LogP contribution >= 0.6 is 0 Å². The van der Waals surface area contributed by atoms with Crippen molar-refractivity contribution in [1.29, 1.82) is 0 Å². The van der Waals surface area contributed by atoms with Crippen molar-refractivity contribution >= 4 is 11.8 Å². The first-order chi connectivity index (χ1) is 15.4. The Morgan fingerprint density at radius 1 is 1.09 bits per heavy atom. The van der Waals surface area contributed by atoms with Crippen LogP contribution in [0.4, 0.5) is 0 Å². The number of carbonyl (C=O) groups excluding carboxylic acids is 2. The van der Waals surface area contributed by atoms with Crippen molar-refractivity contribution in [1.82, 2.24) is 14.7 Å². The molecule has 2 saturated heterocycles. The van der Waals surface area contributed by atoms with Crippen LogP contribution in [0, 0.1) is 5.41 Å². The molecule has 0 spiro atoms. The summed E-state index contributed by atoms with van der Waals surface area (Å²) in [5.41, 5.74) is 2.88. The molecule has 3 aliphatic rings. The van der Waals surface area contributed by atoms with Gasteiger partial charge in [0.15, 0.2) is 0 Å². The van der Waals surface area contributed by atoms with E-state index >= 15 is 0 Å². The SMILES string of the molecule is CCC(=O)N1CCCCC1C(=O)N1CCC(C)(COc2ccc3c(c2)CN(C)CC3)CC1. The summed E-state index contributed by atoms with van der Waals surface area (Å²) in [4.78, 5) is 31.7. The number of rotatable bonds is 5. The summed E-state index contributed by atoms with van der Waals surface area (Å²) in [6, 6.07) is 6.27.